The van der Waals surface area contributed by atoms with Crippen LogP contribution in [0.4, 0.5) is 0 Å². The highest BCUT2D eigenvalue weighted by molar-refractivity contribution is 9.10. The standard InChI is InChI=1S/C9H10BrNO2S/c1-6(12)9(13)11(2)4-8-3-7(10)5-14-8/h3,5H,4H2,1-2H3. The number of rotatable bonds is 3. The number of nitrogens with zero attached hydrogens (tertiary/aromatic N) is 1. The molecule has 0 atom stereocenters. The third kappa shape index (κ3) is 2.92. The van der Waals surface area contributed by atoms with E-state index in [1.807, 2.05) is 11.4 Å². The SMILES string of the molecule is CC(=O)C(=O)N(C)Cc1cc(Br)cs1. The second kappa shape index (κ2) is 4.70. The quantitative estimate of drug-likeness (QED) is 0.792. The topological polar surface area (TPSA) is 37.4 Å². The minimum atomic E-state index is -0.450. The second-order valence-electron chi connectivity index (χ2n) is 2.95. The van der Waals surface area contributed by atoms with Crippen LogP contribution in [0.15, 0.2) is 15.9 Å². The molecule has 1 amide bonds. The van der Waals surface area contributed by atoms with Gasteiger partial charge in [-0.25, -0.2) is 0 Å². The number of likely N-dealkylation sites (N-methyl/N-ethyl adjacent to an activating group) is 1. The van der Waals surface area contributed by atoms with Crippen molar-refractivity contribution >= 4 is 39.0 Å². The zero-order valence-corrected chi connectivity index (χ0v) is 10.3. The van der Waals surface area contributed by atoms with Crippen molar-refractivity contribution in [3.8, 4) is 0 Å². The number of hydrogen-bond acceptors (Lipinski definition) is 3. The minimum Gasteiger partial charge on any atom is -0.334 e. The van der Waals surface area contributed by atoms with Crippen LogP contribution in [0.25, 0.3) is 0 Å². The third-order valence-electron chi connectivity index (χ3n) is 1.66. The highest BCUT2D eigenvalue weighted by Crippen LogP contribution is 2.20. The molecule has 0 saturated carbocycles. The maximum atomic E-state index is 11.2. The highest BCUT2D eigenvalue weighted by atomic mass is 79.9. The molecule has 0 radical (unpaired) electrons. The molecule has 0 bridgehead atoms. The lowest BCUT2D eigenvalue weighted by atomic mass is 10.3. The second-order valence-corrected chi connectivity index (χ2v) is 4.86. The van der Waals surface area contributed by atoms with Crippen molar-refractivity contribution in [1.29, 1.82) is 0 Å². The van der Waals surface area contributed by atoms with Crippen molar-refractivity contribution in [2.24, 2.45) is 0 Å². The van der Waals surface area contributed by atoms with Crippen LogP contribution < -0.4 is 0 Å². The van der Waals surface area contributed by atoms with Gasteiger partial charge in [0.05, 0.1) is 6.54 Å². The summed E-state index contributed by atoms with van der Waals surface area (Å²) in [6.45, 7) is 1.76. The van der Waals surface area contributed by atoms with E-state index in [0.29, 0.717) is 6.54 Å². The van der Waals surface area contributed by atoms with Crippen molar-refractivity contribution in [2.45, 2.75) is 13.5 Å². The normalized spacial score (nSPS) is 9.93. The molecule has 5 heteroatoms. The first kappa shape index (κ1) is 11.4. The molecule has 1 rings (SSSR count). The van der Waals surface area contributed by atoms with E-state index in [4.69, 9.17) is 0 Å². The van der Waals surface area contributed by atoms with Crippen LogP contribution in [0, 0.1) is 0 Å². The van der Waals surface area contributed by atoms with Gasteiger partial charge in [0.2, 0.25) is 5.78 Å². The molecule has 76 valence electrons. The van der Waals surface area contributed by atoms with Gasteiger partial charge in [-0.2, -0.15) is 0 Å². The van der Waals surface area contributed by atoms with Gasteiger partial charge in [-0.1, -0.05) is 0 Å². The fraction of sp³-hybridized carbons (Fsp3) is 0.333. The average molecular weight is 276 g/mol. The number of carbonyl (C=O) groups is 2. The predicted octanol–water partition coefficient (Wildman–Crippen LogP) is 2.06. The lowest BCUT2D eigenvalue weighted by molar-refractivity contribution is -0.143. The van der Waals surface area contributed by atoms with E-state index in [9.17, 15) is 9.59 Å². The number of Topliss-reactive ketones (excluding diaryl/α,β-unsaturated/α-hetero) is 1. The van der Waals surface area contributed by atoms with E-state index < -0.39 is 11.7 Å². The summed E-state index contributed by atoms with van der Waals surface area (Å²) in [6, 6.07) is 1.94. The molecule has 0 unspecified atom stereocenters. The maximum Gasteiger partial charge on any atom is 0.289 e. The van der Waals surface area contributed by atoms with E-state index in [-0.39, 0.29) is 0 Å². The molecule has 0 saturated heterocycles. The first-order valence-corrected chi connectivity index (χ1v) is 5.67. The Bertz CT molecular complexity index is 361. The van der Waals surface area contributed by atoms with Crippen molar-refractivity contribution in [1.82, 2.24) is 4.90 Å². The molecule has 1 heterocycles. The molecule has 3 nitrogen and oxygen atoms in total. The fourth-order valence-electron chi connectivity index (χ4n) is 1.01. The zero-order valence-electron chi connectivity index (χ0n) is 7.91. The third-order valence-corrected chi connectivity index (χ3v) is 3.35. The van der Waals surface area contributed by atoms with E-state index in [1.165, 1.54) is 11.8 Å². The summed E-state index contributed by atoms with van der Waals surface area (Å²) in [5, 5.41) is 1.95. The summed E-state index contributed by atoms with van der Waals surface area (Å²) in [7, 11) is 1.62. The monoisotopic (exact) mass is 275 g/mol. The molecular formula is C9H10BrNO2S. The summed E-state index contributed by atoms with van der Waals surface area (Å²) < 4.78 is 1.00. The molecule has 0 N–H and O–H groups in total. The van der Waals surface area contributed by atoms with Gasteiger partial charge in [0.25, 0.3) is 5.91 Å². The Morgan fingerprint density at radius 3 is 2.64 bits per heavy atom. The summed E-state index contributed by atoms with van der Waals surface area (Å²) >= 11 is 4.88. The summed E-state index contributed by atoms with van der Waals surface area (Å²) in [6.07, 6.45) is 0. The Morgan fingerprint density at radius 2 is 2.21 bits per heavy atom. The maximum absolute atomic E-state index is 11.2. The molecule has 0 aliphatic rings. The van der Waals surface area contributed by atoms with Crippen molar-refractivity contribution < 1.29 is 9.59 Å². The number of ketones is 1. The molecule has 1 aromatic heterocycles. The predicted molar refractivity (Wildman–Crippen MR) is 59.2 cm³/mol. The highest BCUT2D eigenvalue weighted by Gasteiger charge is 2.14. The zero-order chi connectivity index (χ0) is 10.7. The van der Waals surface area contributed by atoms with E-state index >= 15 is 0 Å². The molecule has 0 aromatic carbocycles. The minimum absolute atomic E-state index is 0.428. The summed E-state index contributed by atoms with van der Waals surface area (Å²) in [4.78, 5) is 24.5. The van der Waals surface area contributed by atoms with Gasteiger partial charge in [0.1, 0.15) is 0 Å². The van der Waals surface area contributed by atoms with Gasteiger partial charge in [-0.15, -0.1) is 11.3 Å². The van der Waals surface area contributed by atoms with Crippen LogP contribution in [-0.2, 0) is 16.1 Å². The molecule has 14 heavy (non-hydrogen) atoms. The Labute approximate surface area is 94.8 Å². The van der Waals surface area contributed by atoms with Gasteiger partial charge in [0, 0.05) is 28.7 Å². The van der Waals surface area contributed by atoms with E-state index in [2.05, 4.69) is 15.9 Å². The largest absolute Gasteiger partial charge is 0.334 e. The van der Waals surface area contributed by atoms with Crippen LogP contribution >= 0.6 is 27.3 Å². The van der Waals surface area contributed by atoms with Crippen molar-refractivity contribution in [2.75, 3.05) is 7.05 Å². The van der Waals surface area contributed by atoms with Crippen LogP contribution in [0.1, 0.15) is 11.8 Å². The Hall–Kier alpha value is -0.680. The Morgan fingerprint density at radius 1 is 1.57 bits per heavy atom. The van der Waals surface area contributed by atoms with Crippen LogP contribution in [0.5, 0.6) is 0 Å². The molecule has 0 aliphatic carbocycles. The molecule has 0 aliphatic heterocycles. The Balaban J connectivity index is 2.61. The van der Waals surface area contributed by atoms with Gasteiger partial charge < -0.3 is 4.90 Å². The Kier molecular flexibility index (Phi) is 3.83. The van der Waals surface area contributed by atoms with Crippen LogP contribution in [0.3, 0.4) is 0 Å². The lowest BCUT2D eigenvalue weighted by Gasteiger charge is -2.13. The van der Waals surface area contributed by atoms with Gasteiger partial charge in [0.15, 0.2) is 0 Å². The number of halogens is 1. The smallest absolute Gasteiger partial charge is 0.289 e. The van der Waals surface area contributed by atoms with Gasteiger partial charge >= 0.3 is 0 Å². The number of amides is 1. The first-order chi connectivity index (χ1) is 6.50. The van der Waals surface area contributed by atoms with Crippen LogP contribution in [-0.4, -0.2) is 23.6 Å². The molecule has 0 spiro atoms. The van der Waals surface area contributed by atoms with E-state index in [1.54, 1.807) is 18.4 Å². The first-order valence-electron chi connectivity index (χ1n) is 3.99. The van der Waals surface area contributed by atoms with Gasteiger partial charge in [-0.3, -0.25) is 9.59 Å². The fourth-order valence-corrected chi connectivity index (χ4v) is 2.51. The number of hydrogen-bond donors (Lipinski definition) is 0. The van der Waals surface area contributed by atoms with E-state index in [0.717, 1.165) is 9.35 Å². The molecular weight excluding hydrogens is 266 g/mol. The lowest BCUT2D eigenvalue weighted by Crippen LogP contribution is -2.30. The van der Waals surface area contributed by atoms with Gasteiger partial charge in [-0.05, 0) is 22.0 Å². The number of carbonyl (C=O) groups excluding carboxylic acids is 2. The summed E-state index contributed by atoms with van der Waals surface area (Å²) in [5.74, 6) is -0.877. The van der Waals surface area contributed by atoms with Crippen LogP contribution in [0.2, 0.25) is 0 Å². The molecule has 0 fully saturated rings. The molecule has 1 aromatic rings. The number of thiophene rings is 1. The van der Waals surface area contributed by atoms with Crippen molar-refractivity contribution in [3.63, 3.8) is 0 Å². The average Bonchev–Trinajstić information content (AvgIpc) is 2.49. The summed E-state index contributed by atoms with van der Waals surface area (Å²) in [5.41, 5.74) is 0. The van der Waals surface area contributed by atoms with Crippen molar-refractivity contribution in [3.05, 3.63) is 20.8 Å².